The van der Waals surface area contributed by atoms with Crippen molar-refractivity contribution in [1.29, 1.82) is 0 Å². The van der Waals surface area contributed by atoms with Crippen LogP contribution in [-0.2, 0) is 16.6 Å². The molecule has 0 fully saturated rings. The van der Waals surface area contributed by atoms with Crippen LogP contribution in [0, 0.1) is 6.92 Å². The standard InChI is InChI=1S/C26H24N2O5S/c1-17-23(29)20-13-9-14-21(25(20)33-24(17)18-10-5-4-6-11-18)26(30)27-16-19-12-7-8-15-22(19)34(31,32)28(2)3/h4-15H,16H2,1-3H3,(H,27,30). The van der Waals surface area contributed by atoms with E-state index in [1.54, 1.807) is 43.3 Å². The quantitative estimate of drug-likeness (QED) is 0.455. The van der Waals surface area contributed by atoms with Crippen LogP contribution >= 0.6 is 0 Å². The van der Waals surface area contributed by atoms with Crippen LogP contribution < -0.4 is 10.7 Å². The molecule has 0 saturated heterocycles. The van der Waals surface area contributed by atoms with Crippen LogP contribution in [0.4, 0.5) is 0 Å². The fourth-order valence-corrected chi connectivity index (χ4v) is 4.84. The Labute approximate surface area is 197 Å². The molecular formula is C26H24N2O5S. The van der Waals surface area contributed by atoms with Gasteiger partial charge in [0.05, 0.1) is 15.8 Å². The van der Waals surface area contributed by atoms with Crippen molar-refractivity contribution >= 4 is 26.9 Å². The van der Waals surface area contributed by atoms with Crippen molar-refractivity contribution < 1.29 is 17.6 Å². The molecule has 0 radical (unpaired) electrons. The van der Waals surface area contributed by atoms with E-state index in [-0.39, 0.29) is 28.0 Å². The Morgan fingerprint density at radius 2 is 1.62 bits per heavy atom. The molecule has 34 heavy (non-hydrogen) atoms. The Morgan fingerprint density at radius 3 is 2.32 bits per heavy atom. The first-order chi connectivity index (χ1) is 16.2. The number of sulfonamides is 1. The van der Waals surface area contributed by atoms with Crippen LogP contribution in [0.15, 0.2) is 86.9 Å². The number of benzene rings is 3. The Hall–Kier alpha value is -3.75. The molecule has 0 atom stereocenters. The third-order valence-electron chi connectivity index (χ3n) is 5.60. The molecule has 1 aromatic heterocycles. The molecule has 0 aliphatic heterocycles. The van der Waals surface area contributed by atoms with Gasteiger partial charge in [-0.3, -0.25) is 9.59 Å². The predicted octanol–water partition coefficient (Wildman–Crippen LogP) is 3.95. The van der Waals surface area contributed by atoms with Gasteiger partial charge in [-0.1, -0.05) is 54.6 Å². The van der Waals surface area contributed by atoms with E-state index in [1.807, 2.05) is 30.3 Å². The zero-order valence-electron chi connectivity index (χ0n) is 19.0. The number of nitrogens with one attached hydrogen (secondary N) is 1. The zero-order chi connectivity index (χ0) is 24.5. The molecule has 0 aliphatic rings. The molecule has 0 unspecified atom stereocenters. The molecule has 1 amide bonds. The van der Waals surface area contributed by atoms with Crippen molar-refractivity contribution in [3.8, 4) is 11.3 Å². The molecule has 7 nitrogen and oxygen atoms in total. The number of hydrogen-bond donors (Lipinski definition) is 1. The average Bonchev–Trinajstić information content (AvgIpc) is 2.85. The molecule has 1 heterocycles. The first kappa shape index (κ1) is 23.4. The number of nitrogens with zero attached hydrogens (tertiary/aromatic N) is 1. The zero-order valence-corrected chi connectivity index (χ0v) is 19.8. The lowest BCUT2D eigenvalue weighted by molar-refractivity contribution is 0.0951. The van der Waals surface area contributed by atoms with Gasteiger partial charge in [0.25, 0.3) is 5.91 Å². The summed E-state index contributed by atoms with van der Waals surface area (Å²) in [5.41, 5.74) is 1.81. The fraction of sp³-hybridized carbons (Fsp3) is 0.154. The van der Waals surface area contributed by atoms with Gasteiger partial charge in [0, 0.05) is 31.8 Å². The van der Waals surface area contributed by atoms with Crippen LogP contribution in [0.25, 0.3) is 22.3 Å². The lowest BCUT2D eigenvalue weighted by atomic mass is 10.0. The Morgan fingerprint density at radius 1 is 0.941 bits per heavy atom. The van der Waals surface area contributed by atoms with E-state index in [0.717, 1.165) is 9.87 Å². The maximum atomic E-state index is 13.1. The topological polar surface area (TPSA) is 96.7 Å². The second-order valence-electron chi connectivity index (χ2n) is 8.01. The van der Waals surface area contributed by atoms with Gasteiger partial charge in [-0.2, -0.15) is 0 Å². The second kappa shape index (κ2) is 9.24. The number of amides is 1. The minimum absolute atomic E-state index is 0.0138. The highest BCUT2D eigenvalue weighted by atomic mass is 32.2. The predicted molar refractivity (Wildman–Crippen MR) is 131 cm³/mol. The van der Waals surface area contributed by atoms with Gasteiger partial charge in [0.2, 0.25) is 10.0 Å². The molecule has 0 saturated carbocycles. The molecule has 0 spiro atoms. The summed E-state index contributed by atoms with van der Waals surface area (Å²) in [5.74, 6) is -0.0746. The van der Waals surface area contributed by atoms with Crippen LogP contribution in [0.5, 0.6) is 0 Å². The van der Waals surface area contributed by atoms with Gasteiger partial charge in [0.15, 0.2) is 11.0 Å². The van der Waals surface area contributed by atoms with Crippen molar-refractivity contribution in [3.63, 3.8) is 0 Å². The summed E-state index contributed by atoms with van der Waals surface area (Å²) in [6.07, 6.45) is 0. The molecule has 0 bridgehead atoms. The van der Waals surface area contributed by atoms with E-state index in [9.17, 15) is 18.0 Å². The van der Waals surface area contributed by atoms with E-state index < -0.39 is 15.9 Å². The SMILES string of the molecule is Cc1c(-c2ccccc2)oc2c(C(=O)NCc3ccccc3S(=O)(=O)N(C)C)cccc2c1=O. The van der Waals surface area contributed by atoms with E-state index in [2.05, 4.69) is 5.32 Å². The Kier molecular flexibility index (Phi) is 6.37. The van der Waals surface area contributed by atoms with Crippen molar-refractivity contribution in [1.82, 2.24) is 9.62 Å². The minimum Gasteiger partial charge on any atom is -0.455 e. The van der Waals surface area contributed by atoms with Crippen LogP contribution in [0.1, 0.15) is 21.5 Å². The molecule has 3 aromatic carbocycles. The third-order valence-corrected chi connectivity index (χ3v) is 7.51. The highest BCUT2D eigenvalue weighted by Crippen LogP contribution is 2.27. The molecule has 0 aliphatic carbocycles. The molecule has 4 rings (SSSR count). The monoisotopic (exact) mass is 476 g/mol. The van der Waals surface area contributed by atoms with Crippen molar-refractivity contribution in [3.05, 3.63) is 99.7 Å². The number of fused-ring (bicyclic) bond motifs is 1. The van der Waals surface area contributed by atoms with Crippen LogP contribution in [-0.4, -0.2) is 32.7 Å². The summed E-state index contributed by atoms with van der Waals surface area (Å²) in [5, 5.41) is 3.07. The summed E-state index contributed by atoms with van der Waals surface area (Å²) in [6.45, 7) is 1.68. The first-order valence-electron chi connectivity index (χ1n) is 10.6. The van der Waals surface area contributed by atoms with Gasteiger partial charge in [-0.05, 0) is 30.7 Å². The van der Waals surface area contributed by atoms with E-state index in [4.69, 9.17) is 4.42 Å². The van der Waals surface area contributed by atoms with E-state index in [0.29, 0.717) is 22.3 Å². The summed E-state index contributed by atoms with van der Waals surface area (Å²) in [7, 11) is -0.772. The van der Waals surface area contributed by atoms with Crippen molar-refractivity contribution in [2.24, 2.45) is 0 Å². The lowest BCUT2D eigenvalue weighted by Gasteiger charge is -2.16. The third kappa shape index (κ3) is 4.25. The highest BCUT2D eigenvalue weighted by molar-refractivity contribution is 7.89. The summed E-state index contributed by atoms with van der Waals surface area (Å²) in [6, 6.07) is 20.5. The van der Waals surface area contributed by atoms with Crippen molar-refractivity contribution in [2.45, 2.75) is 18.4 Å². The smallest absolute Gasteiger partial charge is 0.255 e. The Balaban J connectivity index is 1.73. The number of rotatable bonds is 6. The maximum absolute atomic E-state index is 13.1. The number of carbonyl (C=O) groups is 1. The summed E-state index contributed by atoms with van der Waals surface area (Å²) >= 11 is 0. The number of hydrogen-bond acceptors (Lipinski definition) is 5. The van der Waals surface area contributed by atoms with Gasteiger partial charge in [0.1, 0.15) is 5.76 Å². The minimum atomic E-state index is -3.68. The summed E-state index contributed by atoms with van der Waals surface area (Å²) < 4.78 is 32.5. The first-order valence-corrected chi connectivity index (χ1v) is 12.1. The maximum Gasteiger partial charge on any atom is 0.255 e. The lowest BCUT2D eigenvalue weighted by Crippen LogP contribution is -2.27. The van der Waals surface area contributed by atoms with Gasteiger partial charge >= 0.3 is 0 Å². The largest absolute Gasteiger partial charge is 0.455 e. The fourth-order valence-electron chi connectivity index (χ4n) is 3.72. The van der Waals surface area contributed by atoms with Gasteiger partial charge in [-0.25, -0.2) is 12.7 Å². The molecule has 174 valence electrons. The number of para-hydroxylation sites is 1. The highest BCUT2D eigenvalue weighted by Gasteiger charge is 2.22. The van der Waals surface area contributed by atoms with Crippen LogP contribution in [0.3, 0.4) is 0 Å². The number of carbonyl (C=O) groups excluding carboxylic acids is 1. The average molecular weight is 477 g/mol. The van der Waals surface area contributed by atoms with Gasteiger partial charge in [-0.15, -0.1) is 0 Å². The van der Waals surface area contributed by atoms with Crippen molar-refractivity contribution in [2.75, 3.05) is 14.1 Å². The van der Waals surface area contributed by atoms with Gasteiger partial charge < -0.3 is 9.73 Å². The molecular weight excluding hydrogens is 452 g/mol. The van der Waals surface area contributed by atoms with E-state index >= 15 is 0 Å². The molecule has 4 aromatic rings. The van der Waals surface area contributed by atoms with Crippen LogP contribution in [0.2, 0.25) is 0 Å². The Bertz CT molecular complexity index is 1540. The second-order valence-corrected chi connectivity index (χ2v) is 10.1. The molecule has 8 heteroatoms. The normalized spacial score (nSPS) is 11.6. The van der Waals surface area contributed by atoms with E-state index in [1.165, 1.54) is 20.2 Å². The summed E-state index contributed by atoms with van der Waals surface area (Å²) in [4.78, 5) is 26.3. The molecule has 1 N–H and O–H groups in total.